The van der Waals surface area contributed by atoms with Crippen molar-refractivity contribution in [3.8, 4) is 0 Å². The van der Waals surface area contributed by atoms with Gasteiger partial charge in [0.1, 0.15) is 6.61 Å². The van der Waals surface area contributed by atoms with E-state index in [9.17, 15) is 0 Å². The second kappa shape index (κ2) is 7.41. The van der Waals surface area contributed by atoms with Crippen LogP contribution in [0.1, 0.15) is 38.7 Å². The molecule has 21 heavy (non-hydrogen) atoms. The van der Waals surface area contributed by atoms with Crippen LogP contribution in [0.5, 0.6) is 0 Å². The van der Waals surface area contributed by atoms with E-state index in [0.29, 0.717) is 12.4 Å². The van der Waals surface area contributed by atoms with E-state index in [1.165, 1.54) is 32.4 Å². The van der Waals surface area contributed by atoms with Gasteiger partial charge in [0.25, 0.3) is 0 Å². The van der Waals surface area contributed by atoms with Gasteiger partial charge in [0.05, 0.1) is 0 Å². The van der Waals surface area contributed by atoms with Crippen LogP contribution in [0.15, 0.2) is 29.7 Å². The molecule has 1 saturated heterocycles. The molecular weight excluding hydrogens is 264 g/mol. The lowest BCUT2D eigenvalue weighted by molar-refractivity contribution is 0.0386. The number of hydrogen-bond acceptors (Lipinski definition) is 4. The van der Waals surface area contributed by atoms with Crippen molar-refractivity contribution >= 4 is 5.84 Å². The van der Waals surface area contributed by atoms with Gasteiger partial charge < -0.3 is 15.5 Å². The summed E-state index contributed by atoms with van der Waals surface area (Å²) in [5.74, 6) is 0.372. The summed E-state index contributed by atoms with van der Waals surface area (Å²) in [7, 11) is 0. The molecule has 0 aromatic carbocycles. The average molecular weight is 290 g/mol. The molecule has 5 heteroatoms. The molecule has 116 valence electrons. The Bertz CT molecular complexity index is 453. The van der Waals surface area contributed by atoms with Gasteiger partial charge in [0.15, 0.2) is 5.84 Å². The van der Waals surface area contributed by atoms with Crippen LogP contribution >= 0.6 is 0 Å². The first-order chi connectivity index (χ1) is 10.1. The number of amidine groups is 1. The van der Waals surface area contributed by atoms with Gasteiger partial charge in [-0.05, 0) is 38.1 Å². The fraction of sp³-hybridized carbons (Fsp3) is 0.625. The lowest BCUT2D eigenvalue weighted by atomic mass is 9.93. The Morgan fingerprint density at radius 3 is 2.81 bits per heavy atom. The number of nitrogens with two attached hydrogens (primary N) is 1. The Hall–Kier alpha value is -1.62. The highest BCUT2D eigenvalue weighted by Crippen LogP contribution is 2.20. The largest absolute Gasteiger partial charge is 0.393 e. The second-order valence-corrected chi connectivity index (χ2v) is 6.49. The topological polar surface area (TPSA) is 63.7 Å². The number of nitrogens with zero attached hydrogens (tertiary/aromatic N) is 3. The van der Waals surface area contributed by atoms with Gasteiger partial charge in [0.2, 0.25) is 0 Å². The zero-order valence-electron chi connectivity index (χ0n) is 13.1. The molecular formula is C16H26N4O. The summed E-state index contributed by atoms with van der Waals surface area (Å²) < 4.78 is 0. The smallest absolute Gasteiger partial charge is 0.171 e. The van der Waals surface area contributed by atoms with Crippen molar-refractivity contribution in [3.05, 3.63) is 30.1 Å². The Labute approximate surface area is 127 Å². The summed E-state index contributed by atoms with van der Waals surface area (Å²) in [6.45, 7) is 8.41. The first-order valence-electron chi connectivity index (χ1n) is 7.65. The molecule has 1 aromatic heterocycles. The van der Waals surface area contributed by atoms with Gasteiger partial charge in [-0.25, -0.2) is 0 Å². The molecule has 2 N–H and O–H groups in total. The Morgan fingerprint density at radius 1 is 1.38 bits per heavy atom. The highest BCUT2D eigenvalue weighted by molar-refractivity contribution is 5.96. The van der Waals surface area contributed by atoms with Crippen LogP contribution < -0.4 is 5.73 Å². The van der Waals surface area contributed by atoms with E-state index in [1.807, 2.05) is 12.1 Å². The number of rotatable bonds is 6. The van der Waals surface area contributed by atoms with Gasteiger partial charge in [-0.1, -0.05) is 25.4 Å². The molecule has 0 atom stereocenters. The molecule has 0 spiro atoms. The van der Waals surface area contributed by atoms with Crippen LogP contribution in [-0.4, -0.2) is 42.0 Å². The van der Waals surface area contributed by atoms with Crippen molar-refractivity contribution in [2.45, 2.75) is 33.1 Å². The molecule has 2 rings (SSSR count). The normalized spacial score (nSPS) is 17.7. The van der Waals surface area contributed by atoms with Crippen LogP contribution in [0.25, 0.3) is 0 Å². The predicted octanol–water partition coefficient (Wildman–Crippen LogP) is 2.23. The fourth-order valence-electron chi connectivity index (χ4n) is 2.61. The van der Waals surface area contributed by atoms with Crippen LogP contribution in [0.2, 0.25) is 0 Å². The molecule has 0 aliphatic carbocycles. The highest BCUT2D eigenvalue weighted by atomic mass is 16.6. The summed E-state index contributed by atoms with van der Waals surface area (Å²) >= 11 is 0. The lowest BCUT2D eigenvalue weighted by Gasteiger charge is -2.34. The number of hydrogen-bond donors (Lipinski definition) is 1. The van der Waals surface area contributed by atoms with E-state index in [0.717, 1.165) is 12.1 Å². The quantitative estimate of drug-likeness (QED) is 0.496. The van der Waals surface area contributed by atoms with Crippen LogP contribution in [0, 0.1) is 5.41 Å². The van der Waals surface area contributed by atoms with E-state index < -0.39 is 0 Å². The Kier molecular flexibility index (Phi) is 5.56. The molecule has 0 saturated carbocycles. The third-order valence-electron chi connectivity index (χ3n) is 3.68. The van der Waals surface area contributed by atoms with E-state index in [4.69, 9.17) is 10.6 Å². The first-order valence-corrected chi connectivity index (χ1v) is 7.65. The number of piperidine rings is 1. The molecule has 1 aliphatic rings. The van der Waals surface area contributed by atoms with Gasteiger partial charge in [-0.2, -0.15) is 0 Å². The van der Waals surface area contributed by atoms with E-state index in [2.05, 4.69) is 28.9 Å². The second-order valence-electron chi connectivity index (χ2n) is 6.49. The van der Waals surface area contributed by atoms with Gasteiger partial charge in [0, 0.05) is 29.9 Å². The third-order valence-corrected chi connectivity index (χ3v) is 3.68. The molecule has 0 radical (unpaired) electrons. The minimum Gasteiger partial charge on any atom is -0.393 e. The van der Waals surface area contributed by atoms with Crippen molar-refractivity contribution in [1.29, 1.82) is 0 Å². The SMILES string of the molecule is CC(C)(CO/N=C(/N)c1cccnc1)CN1CCCCC1. The summed E-state index contributed by atoms with van der Waals surface area (Å²) in [4.78, 5) is 12.0. The van der Waals surface area contributed by atoms with Crippen molar-refractivity contribution in [2.24, 2.45) is 16.3 Å². The Balaban J connectivity index is 1.80. The highest BCUT2D eigenvalue weighted by Gasteiger charge is 2.24. The molecule has 5 nitrogen and oxygen atoms in total. The molecule has 0 amide bonds. The molecule has 1 aromatic rings. The van der Waals surface area contributed by atoms with E-state index in [1.54, 1.807) is 12.4 Å². The maximum absolute atomic E-state index is 5.88. The number of pyridine rings is 1. The Morgan fingerprint density at radius 2 is 2.14 bits per heavy atom. The molecule has 1 aliphatic heterocycles. The van der Waals surface area contributed by atoms with Crippen molar-refractivity contribution in [3.63, 3.8) is 0 Å². The monoisotopic (exact) mass is 290 g/mol. The minimum absolute atomic E-state index is 0.0655. The summed E-state index contributed by atoms with van der Waals surface area (Å²) in [5, 5.41) is 4.01. The van der Waals surface area contributed by atoms with Gasteiger partial charge >= 0.3 is 0 Å². The van der Waals surface area contributed by atoms with E-state index >= 15 is 0 Å². The lowest BCUT2D eigenvalue weighted by Crippen LogP contribution is -2.39. The summed E-state index contributed by atoms with van der Waals surface area (Å²) in [6, 6.07) is 3.70. The van der Waals surface area contributed by atoms with Crippen LogP contribution in [0.4, 0.5) is 0 Å². The maximum atomic E-state index is 5.88. The fourth-order valence-corrected chi connectivity index (χ4v) is 2.61. The van der Waals surface area contributed by atoms with Crippen LogP contribution in [-0.2, 0) is 4.84 Å². The zero-order valence-corrected chi connectivity index (χ0v) is 13.1. The standard InChI is InChI=1S/C16H26N4O/c1-16(2,12-20-9-4-3-5-10-20)13-21-19-15(17)14-7-6-8-18-11-14/h6-8,11H,3-5,9-10,12-13H2,1-2H3,(H2,17,19). The van der Waals surface area contributed by atoms with Gasteiger partial charge in [-0.15, -0.1) is 0 Å². The third kappa shape index (κ3) is 5.34. The molecule has 0 unspecified atom stereocenters. The predicted molar refractivity (Wildman–Crippen MR) is 85.0 cm³/mol. The summed E-state index contributed by atoms with van der Waals surface area (Å²) in [6.07, 6.45) is 7.37. The van der Waals surface area contributed by atoms with Crippen LogP contribution in [0.3, 0.4) is 0 Å². The molecule has 2 heterocycles. The first kappa shape index (κ1) is 15.8. The van der Waals surface area contributed by atoms with Crippen molar-refractivity contribution < 1.29 is 4.84 Å². The number of likely N-dealkylation sites (tertiary alicyclic amines) is 1. The average Bonchev–Trinajstić information content (AvgIpc) is 2.48. The minimum atomic E-state index is 0.0655. The molecule has 0 bridgehead atoms. The number of oxime groups is 1. The zero-order chi connectivity index (χ0) is 15.1. The van der Waals surface area contributed by atoms with Crippen molar-refractivity contribution in [1.82, 2.24) is 9.88 Å². The van der Waals surface area contributed by atoms with E-state index in [-0.39, 0.29) is 5.41 Å². The summed E-state index contributed by atoms with van der Waals surface area (Å²) in [5.41, 5.74) is 6.73. The maximum Gasteiger partial charge on any atom is 0.171 e. The van der Waals surface area contributed by atoms with Gasteiger partial charge in [-0.3, -0.25) is 4.98 Å². The molecule has 1 fully saturated rings. The number of aromatic nitrogens is 1. The van der Waals surface area contributed by atoms with Crippen molar-refractivity contribution in [2.75, 3.05) is 26.2 Å².